The zero-order valence-corrected chi connectivity index (χ0v) is 18.0. The molecule has 0 aliphatic heterocycles. The van der Waals surface area contributed by atoms with Gasteiger partial charge in [-0.05, 0) is 24.3 Å². The number of carbonyl (C=O) groups is 1. The fraction of sp³-hybridized carbons (Fsp3) is 0.556. The van der Waals surface area contributed by atoms with E-state index in [1.807, 2.05) is 16.8 Å². The standard InChI is InChI=1S/C18H25N3OS2.2ClH/c22-17(20-10-9-19-14-6-3-1-2-4-7-14)12-15-13-24-18(21-15)16-8-5-11-23-16;;/h5,8,11,13-14,19H,1-4,6-7,9-10,12H2,(H,20,22);2*1H. The van der Waals surface area contributed by atoms with Crippen molar-refractivity contribution in [2.75, 3.05) is 13.1 Å². The Morgan fingerprint density at radius 2 is 1.88 bits per heavy atom. The Hall–Kier alpha value is -0.660. The van der Waals surface area contributed by atoms with Crippen LogP contribution in [0.5, 0.6) is 0 Å². The molecule has 2 N–H and O–H groups in total. The van der Waals surface area contributed by atoms with Crippen LogP contribution in [-0.2, 0) is 11.2 Å². The highest BCUT2D eigenvalue weighted by Crippen LogP contribution is 2.27. The number of carbonyl (C=O) groups excluding carboxylic acids is 1. The lowest BCUT2D eigenvalue weighted by atomic mass is 10.1. The second-order valence-electron chi connectivity index (χ2n) is 6.29. The quantitative estimate of drug-likeness (QED) is 0.489. The summed E-state index contributed by atoms with van der Waals surface area (Å²) in [5.41, 5.74) is 0.859. The summed E-state index contributed by atoms with van der Waals surface area (Å²) in [6.45, 7) is 1.55. The van der Waals surface area contributed by atoms with Crippen LogP contribution in [0.15, 0.2) is 22.9 Å². The number of amides is 1. The Kier molecular flexibility index (Phi) is 11.4. The average Bonchev–Trinajstić information content (AvgIpc) is 3.19. The Balaban J connectivity index is 0.00000169. The van der Waals surface area contributed by atoms with Gasteiger partial charge in [-0.3, -0.25) is 4.79 Å². The Labute approximate surface area is 176 Å². The molecular formula is C18H27Cl2N3OS2. The molecule has 0 aromatic carbocycles. The summed E-state index contributed by atoms with van der Waals surface area (Å²) in [5, 5.41) is 11.6. The number of aromatic nitrogens is 1. The number of nitrogens with zero attached hydrogens (tertiary/aromatic N) is 1. The van der Waals surface area contributed by atoms with Crippen LogP contribution in [0.3, 0.4) is 0 Å². The van der Waals surface area contributed by atoms with Crippen molar-refractivity contribution in [3.05, 3.63) is 28.6 Å². The molecule has 2 aromatic heterocycles. The highest BCUT2D eigenvalue weighted by molar-refractivity contribution is 7.20. The van der Waals surface area contributed by atoms with E-state index in [0.29, 0.717) is 19.0 Å². The van der Waals surface area contributed by atoms with E-state index < -0.39 is 0 Å². The first-order valence-electron chi connectivity index (χ1n) is 8.79. The van der Waals surface area contributed by atoms with E-state index in [1.54, 1.807) is 22.7 Å². The van der Waals surface area contributed by atoms with E-state index in [4.69, 9.17) is 0 Å². The van der Waals surface area contributed by atoms with Crippen LogP contribution in [0, 0.1) is 0 Å². The third-order valence-electron chi connectivity index (χ3n) is 4.36. The largest absolute Gasteiger partial charge is 0.354 e. The average molecular weight is 436 g/mol. The topological polar surface area (TPSA) is 54.0 Å². The molecule has 1 aliphatic carbocycles. The summed E-state index contributed by atoms with van der Waals surface area (Å²) in [5.74, 6) is 0.0562. The maximum Gasteiger partial charge on any atom is 0.226 e. The van der Waals surface area contributed by atoms with Crippen molar-refractivity contribution in [2.24, 2.45) is 0 Å². The van der Waals surface area contributed by atoms with Crippen molar-refractivity contribution in [2.45, 2.75) is 51.0 Å². The fourth-order valence-electron chi connectivity index (χ4n) is 3.09. The molecule has 1 amide bonds. The molecule has 0 radical (unpaired) electrons. The van der Waals surface area contributed by atoms with Gasteiger partial charge >= 0.3 is 0 Å². The van der Waals surface area contributed by atoms with Gasteiger partial charge in [-0.25, -0.2) is 4.98 Å². The van der Waals surface area contributed by atoms with Crippen LogP contribution in [0.2, 0.25) is 0 Å². The van der Waals surface area contributed by atoms with Crippen LogP contribution in [0.4, 0.5) is 0 Å². The first-order chi connectivity index (χ1) is 11.8. The summed E-state index contributed by atoms with van der Waals surface area (Å²) >= 11 is 3.28. The van der Waals surface area contributed by atoms with Crippen LogP contribution < -0.4 is 10.6 Å². The smallest absolute Gasteiger partial charge is 0.226 e. The molecule has 0 saturated heterocycles. The summed E-state index contributed by atoms with van der Waals surface area (Å²) < 4.78 is 0. The first kappa shape index (κ1) is 23.4. The lowest BCUT2D eigenvalue weighted by Gasteiger charge is -2.16. The zero-order chi connectivity index (χ0) is 16.6. The third kappa shape index (κ3) is 7.53. The van der Waals surface area contributed by atoms with Crippen LogP contribution in [0.1, 0.15) is 44.2 Å². The highest BCUT2D eigenvalue weighted by Gasteiger charge is 2.12. The van der Waals surface area contributed by atoms with Crippen molar-refractivity contribution in [1.29, 1.82) is 0 Å². The second-order valence-corrected chi connectivity index (χ2v) is 8.10. The Morgan fingerprint density at radius 3 is 2.58 bits per heavy atom. The second kappa shape index (κ2) is 12.7. The number of hydrogen-bond donors (Lipinski definition) is 2. The lowest BCUT2D eigenvalue weighted by Crippen LogP contribution is -2.37. The van der Waals surface area contributed by atoms with Gasteiger partial charge in [0.15, 0.2) is 0 Å². The maximum absolute atomic E-state index is 12.0. The normalized spacial score (nSPS) is 14.8. The molecular weight excluding hydrogens is 409 g/mol. The lowest BCUT2D eigenvalue weighted by molar-refractivity contribution is -0.120. The summed E-state index contributed by atoms with van der Waals surface area (Å²) in [6.07, 6.45) is 8.33. The third-order valence-corrected chi connectivity index (χ3v) is 6.29. The van der Waals surface area contributed by atoms with Gasteiger partial charge in [-0.1, -0.05) is 31.7 Å². The number of rotatable bonds is 7. The molecule has 0 atom stereocenters. The highest BCUT2D eigenvalue weighted by atomic mass is 35.5. The molecule has 0 bridgehead atoms. The van der Waals surface area contributed by atoms with Gasteiger partial charge in [-0.2, -0.15) is 0 Å². The van der Waals surface area contributed by atoms with Gasteiger partial charge in [0.1, 0.15) is 5.01 Å². The predicted molar refractivity (Wildman–Crippen MR) is 116 cm³/mol. The summed E-state index contributed by atoms with van der Waals surface area (Å²) in [7, 11) is 0. The predicted octanol–water partition coefficient (Wildman–Crippen LogP) is 4.69. The van der Waals surface area contributed by atoms with Gasteiger partial charge < -0.3 is 10.6 Å². The summed E-state index contributed by atoms with van der Waals surface area (Å²) in [4.78, 5) is 17.8. The Bertz CT molecular complexity index is 626. The van der Waals surface area contributed by atoms with Gasteiger partial charge in [0.05, 0.1) is 17.0 Å². The minimum Gasteiger partial charge on any atom is -0.354 e. The molecule has 2 heterocycles. The molecule has 146 valence electrons. The first-order valence-corrected chi connectivity index (χ1v) is 10.6. The van der Waals surface area contributed by atoms with E-state index in [0.717, 1.165) is 17.2 Å². The van der Waals surface area contributed by atoms with E-state index >= 15 is 0 Å². The van der Waals surface area contributed by atoms with Crippen molar-refractivity contribution < 1.29 is 4.79 Å². The molecule has 8 heteroatoms. The van der Waals surface area contributed by atoms with Crippen molar-refractivity contribution in [3.8, 4) is 9.88 Å². The Morgan fingerprint density at radius 1 is 1.12 bits per heavy atom. The van der Waals surface area contributed by atoms with Crippen LogP contribution >= 0.6 is 47.5 Å². The SMILES string of the molecule is Cl.Cl.O=C(Cc1csc(-c2cccs2)n1)NCCNC1CCCCCC1. The monoisotopic (exact) mass is 435 g/mol. The molecule has 2 aromatic rings. The molecule has 0 spiro atoms. The number of hydrogen-bond acceptors (Lipinski definition) is 5. The minimum atomic E-state index is 0. The van der Waals surface area contributed by atoms with E-state index in [9.17, 15) is 4.79 Å². The minimum absolute atomic E-state index is 0. The van der Waals surface area contributed by atoms with Crippen LogP contribution in [-0.4, -0.2) is 30.0 Å². The maximum atomic E-state index is 12.0. The van der Waals surface area contributed by atoms with Gasteiger partial charge in [0.2, 0.25) is 5.91 Å². The number of thiophene rings is 1. The molecule has 3 rings (SSSR count). The molecule has 26 heavy (non-hydrogen) atoms. The number of nitrogens with one attached hydrogen (secondary N) is 2. The number of halogens is 2. The van der Waals surface area contributed by atoms with Gasteiger partial charge in [-0.15, -0.1) is 47.5 Å². The van der Waals surface area contributed by atoms with Crippen molar-refractivity contribution in [1.82, 2.24) is 15.6 Å². The van der Waals surface area contributed by atoms with E-state index in [-0.39, 0.29) is 30.7 Å². The zero-order valence-electron chi connectivity index (χ0n) is 14.7. The van der Waals surface area contributed by atoms with Crippen molar-refractivity contribution >= 4 is 53.4 Å². The summed E-state index contributed by atoms with van der Waals surface area (Å²) in [6, 6.07) is 4.72. The molecule has 1 saturated carbocycles. The number of thiazole rings is 1. The fourth-order valence-corrected chi connectivity index (χ4v) is 4.72. The molecule has 1 aliphatic rings. The van der Waals surface area contributed by atoms with E-state index in [1.165, 1.54) is 43.4 Å². The van der Waals surface area contributed by atoms with Gasteiger partial charge in [0.25, 0.3) is 0 Å². The van der Waals surface area contributed by atoms with Gasteiger partial charge in [0, 0.05) is 24.5 Å². The van der Waals surface area contributed by atoms with E-state index in [2.05, 4.69) is 21.7 Å². The molecule has 4 nitrogen and oxygen atoms in total. The van der Waals surface area contributed by atoms with Crippen LogP contribution in [0.25, 0.3) is 9.88 Å². The molecule has 1 fully saturated rings. The van der Waals surface area contributed by atoms with Crippen molar-refractivity contribution in [3.63, 3.8) is 0 Å². The molecule has 0 unspecified atom stereocenters.